The number of hydrogen-bond donors (Lipinski definition) is 1. The van der Waals surface area contributed by atoms with E-state index in [1.54, 1.807) is 6.92 Å². The molecule has 0 saturated heterocycles. The largest absolute Gasteiger partial charge is 0.422 e. The van der Waals surface area contributed by atoms with Crippen LogP contribution in [0.4, 0.5) is 0 Å². The first-order valence-electron chi connectivity index (χ1n) is 6.36. The fourth-order valence-corrected chi connectivity index (χ4v) is 2.55. The summed E-state index contributed by atoms with van der Waals surface area (Å²) >= 11 is 0. The van der Waals surface area contributed by atoms with Gasteiger partial charge in [0, 0.05) is 5.92 Å². The molecule has 4 nitrogen and oxygen atoms in total. The maximum atomic E-state index is 9.32. The van der Waals surface area contributed by atoms with Crippen LogP contribution in [0.1, 0.15) is 70.8 Å². The molecule has 0 amide bonds. The first-order valence-corrected chi connectivity index (χ1v) is 6.36. The molecule has 0 radical (unpaired) electrons. The van der Waals surface area contributed by atoms with Crippen molar-refractivity contribution in [2.24, 2.45) is 11.3 Å². The summed E-state index contributed by atoms with van der Waals surface area (Å²) in [7, 11) is 0. The van der Waals surface area contributed by atoms with Crippen LogP contribution >= 0.6 is 0 Å². The summed E-state index contributed by atoms with van der Waals surface area (Å²) in [6.45, 7) is 8.47. The van der Waals surface area contributed by atoms with Gasteiger partial charge in [-0.3, -0.25) is 0 Å². The van der Waals surface area contributed by atoms with Gasteiger partial charge < -0.3 is 9.52 Å². The van der Waals surface area contributed by atoms with E-state index >= 15 is 0 Å². The molecule has 0 unspecified atom stereocenters. The van der Waals surface area contributed by atoms with Crippen molar-refractivity contribution in [3.05, 3.63) is 11.8 Å². The Kier molecular flexibility index (Phi) is 3.25. The maximum Gasteiger partial charge on any atom is 0.244 e. The molecule has 2 rings (SSSR count). The molecule has 1 N–H and O–H groups in total. The second-order valence-corrected chi connectivity index (χ2v) is 6.45. The highest BCUT2D eigenvalue weighted by atomic mass is 16.4. The van der Waals surface area contributed by atoms with Gasteiger partial charge in [-0.1, -0.05) is 20.8 Å². The molecule has 1 heterocycles. The van der Waals surface area contributed by atoms with Gasteiger partial charge in [0.05, 0.1) is 0 Å². The zero-order valence-electron chi connectivity index (χ0n) is 11.1. The Morgan fingerprint density at radius 3 is 2.47 bits per heavy atom. The Morgan fingerprint density at radius 1 is 1.35 bits per heavy atom. The van der Waals surface area contributed by atoms with Crippen molar-refractivity contribution in [3.63, 3.8) is 0 Å². The third-order valence-electron chi connectivity index (χ3n) is 3.30. The van der Waals surface area contributed by atoms with E-state index in [1.807, 2.05) is 0 Å². The van der Waals surface area contributed by atoms with Gasteiger partial charge in [-0.15, -0.1) is 10.2 Å². The second kappa shape index (κ2) is 4.41. The lowest BCUT2D eigenvalue weighted by molar-refractivity contribution is 0.141. The molecule has 0 spiro atoms. The van der Waals surface area contributed by atoms with E-state index in [1.165, 1.54) is 6.42 Å². The minimum absolute atomic E-state index is 0.333. The highest BCUT2D eigenvalue weighted by Crippen LogP contribution is 2.46. The SMILES string of the molecule is C[C@H](O)c1nnc(C2CC(CC(C)(C)C)C2)o1. The van der Waals surface area contributed by atoms with E-state index in [2.05, 4.69) is 31.0 Å². The lowest BCUT2D eigenvalue weighted by Crippen LogP contribution is -2.26. The number of aliphatic hydroxyl groups excluding tert-OH is 1. The molecule has 1 fully saturated rings. The van der Waals surface area contributed by atoms with Crippen LogP contribution in [0, 0.1) is 11.3 Å². The summed E-state index contributed by atoms with van der Waals surface area (Å²) in [4.78, 5) is 0. The van der Waals surface area contributed by atoms with Crippen LogP contribution in [-0.4, -0.2) is 15.3 Å². The van der Waals surface area contributed by atoms with E-state index < -0.39 is 6.10 Å². The number of rotatable bonds is 3. The van der Waals surface area contributed by atoms with Crippen LogP contribution < -0.4 is 0 Å². The third-order valence-corrected chi connectivity index (χ3v) is 3.30. The van der Waals surface area contributed by atoms with E-state index in [0.29, 0.717) is 23.1 Å². The van der Waals surface area contributed by atoms with Gasteiger partial charge >= 0.3 is 0 Å². The molecule has 1 atom stereocenters. The summed E-state index contributed by atoms with van der Waals surface area (Å²) in [5, 5.41) is 17.2. The van der Waals surface area contributed by atoms with E-state index in [4.69, 9.17) is 4.42 Å². The highest BCUT2D eigenvalue weighted by Gasteiger charge is 2.36. The zero-order chi connectivity index (χ0) is 12.6. The van der Waals surface area contributed by atoms with Gasteiger partial charge in [-0.25, -0.2) is 0 Å². The topological polar surface area (TPSA) is 59.2 Å². The minimum Gasteiger partial charge on any atom is -0.422 e. The number of hydrogen-bond acceptors (Lipinski definition) is 4. The summed E-state index contributed by atoms with van der Waals surface area (Å²) < 4.78 is 5.46. The van der Waals surface area contributed by atoms with Crippen LogP contribution in [0.2, 0.25) is 0 Å². The van der Waals surface area contributed by atoms with Crippen LogP contribution in [0.3, 0.4) is 0 Å². The van der Waals surface area contributed by atoms with Crippen LogP contribution in [0.5, 0.6) is 0 Å². The fourth-order valence-electron chi connectivity index (χ4n) is 2.55. The lowest BCUT2D eigenvalue weighted by atomic mass is 9.68. The first-order chi connectivity index (χ1) is 7.85. The fraction of sp³-hybridized carbons (Fsp3) is 0.846. The molecule has 17 heavy (non-hydrogen) atoms. The smallest absolute Gasteiger partial charge is 0.244 e. The molecular formula is C13H22N2O2. The van der Waals surface area contributed by atoms with Crippen LogP contribution in [0.15, 0.2) is 4.42 Å². The Balaban J connectivity index is 1.86. The van der Waals surface area contributed by atoms with Crippen molar-refractivity contribution in [2.75, 3.05) is 0 Å². The van der Waals surface area contributed by atoms with Gasteiger partial charge in [-0.2, -0.15) is 0 Å². The van der Waals surface area contributed by atoms with Gasteiger partial charge in [0.25, 0.3) is 0 Å². The summed E-state index contributed by atoms with van der Waals surface area (Å²) in [5.74, 6) is 2.22. The Bertz CT molecular complexity index is 373. The summed E-state index contributed by atoms with van der Waals surface area (Å²) in [5.41, 5.74) is 0.398. The monoisotopic (exact) mass is 238 g/mol. The standard InChI is InChI=1S/C13H22N2O2/c1-8(16)11-14-15-12(17-11)10-5-9(6-10)7-13(2,3)4/h8-10,16H,5-7H2,1-4H3/t8-,9?,10?/m0/s1. The molecule has 1 aliphatic carbocycles. The van der Waals surface area contributed by atoms with E-state index in [9.17, 15) is 5.11 Å². The van der Waals surface area contributed by atoms with Crippen molar-refractivity contribution in [3.8, 4) is 0 Å². The van der Waals surface area contributed by atoms with Crippen LogP contribution in [-0.2, 0) is 0 Å². The van der Waals surface area contributed by atoms with Crippen molar-refractivity contribution >= 4 is 0 Å². The van der Waals surface area contributed by atoms with Crippen molar-refractivity contribution in [1.82, 2.24) is 10.2 Å². The molecule has 96 valence electrons. The Labute approximate surface area is 102 Å². The average molecular weight is 238 g/mol. The summed E-state index contributed by atoms with van der Waals surface area (Å²) in [6.07, 6.45) is 2.86. The average Bonchev–Trinajstić information content (AvgIpc) is 2.57. The Morgan fingerprint density at radius 2 is 2.00 bits per heavy atom. The predicted octanol–water partition coefficient (Wildman–Crippen LogP) is 3.05. The van der Waals surface area contributed by atoms with E-state index in [-0.39, 0.29) is 0 Å². The van der Waals surface area contributed by atoms with Crippen LogP contribution in [0.25, 0.3) is 0 Å². The number of nitrogens with zero attached hydrogens (tertiary/aromatic N) is 2. The van der Waals surface area contributed by atoms with Crippen molar-refractivity contribution < 1.29 is 9.52 Å². The first kappa shape index (κ1) is 12.6. The molecule has 4 heteroatoms. The van der Waals surface area contributed by atoms with Gasteiger partial charge in [0.2, 0.25) is 11.8 Å². The molecule has 1 aliphatic rings. The van der Waals surface area contributed by atoms with Gasteiger partial charge in [0.15, 0.2) is 0 Å². The predicted molar refractivity (Wildman–Crippen MR) is 64.5 cm³/mol. The van der Waals surface area contributed by atoms with Crippen molar-refractivity contribution in [1.29, 1.82) is 0 Å². The normalized spacial score (nSPS) is 26.6. The highest BCUT2D eigenvalue weighted by molar-refractivity contribution is 5.00. The zero-order valence-corrected chi connectivity index (χ0v) is 11.1. The molecule has 1 aromatic heterocycles. The maximum absolute atomic E-state index is 9.32. The third kappa shape index (κ3) is 3.06. The quantitative estimate of drug-likeness (QED) is 0.879. The number of aromatic nitrogens is 2. The number of aliphatic hydroxyl groups is 1. The molecule has 0 aromatic carbocycles. The lowest BCUT2D eigenvalue weighted by Gasteiger charge is -2.37. The molecular weight excluding hydrogens is 216 g/mol. The second-order valence-electron chi connectivity index (χ2n) is 6.45. The van der Waals surface area contributed by atoms with Gasteiger partial charge in [0.1, 0.15) is 6.10 Å². The van der Waals surface area contributed by atoms with Gasteiger partial charge in [-0.05, 0) is 37.5 Å². The molecule has 0 bridgehead atoms. The molecule has 1 aromatic rings. The Hall–Kier alpha value is -0.900. The molecule has 1 saturated carbocycles. The van der Waals surface area contributed by atoms with Crippen molar-refractivity contribution in [2.45, 2.75) is 59.0 Å². The summed E-state index contributed by atoms with van der Waals surface area (Å²) in [6, 6.07) is 0. The molecule has 0 aliphatic heterocycles. The van der Waals surface area contributed by atoms with E-state index in [0.717, 1.165) is 18.8 Å². The minimum atomic E-state index is -0.665.